The Balaban J connectivity index is 1.57. The van der Waals surface area contributed by atoms with Crippen LogP contribution in [-0.4, -0.2) is 59.9 Å². The van der Waals surface area contributed by atoms with Gasteiger partial charge in [0.15, 0.2) is 0 Å². The molecule has 0 bridgehead atoms. The van der Waals surface area contributed by atoms with Crippen LogP contribution in [0, 0.1) is 11.7 Å². The summed E-state index contributed by atoms with van der Waals surface area (Å²) in [6.45, 7) is 8.00. The molecule has 3 unspecified atom stereocenters. The van der Waals surface area contributed by atoms with Gasteiger partial charge in [-0.1, -0.05) is 19.1 Å². The number of urea groups is 1. The Morgan fingerprint density at radius 3 is 2.69 bits per heavy atom. The molecule has 29 heavy (non-hydrogen) atoms. The van der Waals surface area contributed by atoms with Crippen LogP contribution < -0.4 is 10.6 Å². The zero-order valence-electron chi connectivity index (χ0n) is 17.2. The molecule has 8 heteroatoms. The Morgan fingerprint density at radius 2 is 2.03 bits per heavy atom. The minimum atomic E-state index is -1.32. The highest BCUT2D eigenvalue weighted by molar-refractivity contribution is 6.09. The first kappa shape index (κ1) is 21.2. The van der Waals surface area contributed by atoms with E-state index in [9.17, 15) is 18.8 Å². The van der Waals surface area contributed by atoms with Crippen molar-refractivity contribution in [3.05, 3.63) is 35.6 Å². The second-order valence-corrected chi connectivity index (χ2v) is 8.35. The second kappa shape index (κ2) is 8.49. The van der Waals surface area contributed by atoms with Gasteiger partial charge in [-0.3, -0.25) is 19.4 Å². The molecule has 0 saturated carbocycles. The molecular weight excluding hydrogens is 375 g/mol. The van der Waals surface area contributed by atoms with E-state index >= 15 is 0 Å². The van der Waals surface area contributed by atoms with Gasteiger partial charge in [-0.15, -0.1) is 0 Å². The summed E-state index contributed by atoms with van der Waals surface area (Å²) in [5, 5.41) is 5.45. The Bertz CT molecular complexity index is 785. The number of hydrogen-bond donors (Lipinski definition) is 2. The van der Waals surface area contributed by atoms with Crippen LogP contribution in [0.2, 0.25) is 0 Å². The molecule has 158 valence electrons. The molecule has 0 spiro atoms. The van der Waals surface area contributed by atoms with Crippen LogP contribution in [0.15, 0.2) is 24.3 Å². The van der Waals surface area contributed by atoms with Crippen LogP contribution in [-0.2, 0) is 15.1 Å². The Labute approximate surface area is 170 Å². The van der Waals surface area contributed by atoms with Crippen molar-refractivity contribution in [3.63, 3.8) is 0 Å². The van der Waals surface area contributed by atoms with E-state index in [0.717, 1.165) is 24.4 Å². The second-order valence-electron chi connectivity index (χ2n) is 8.35. The number of amides is 4. The number of imide groups is 1. The van der Waals surface area contributed by atoms with Crippen molar-refractivity contribution < 1.29 is 18.8 Å². The SMILES string of the molecule is CC1CCCN(C(C)CNC(=O)CN2C(=O)NC(C)(c3ccc(F)cc3)C2=O)C1. The van der Waals surface area contributed by atoms with Crippen molar-refractivity contribution in [2.24, 2.45) is 5.92 Å². The summed E-state index contributed by atoms with van der Waals surface area (Å²) in [6.07, 6.45) is 2.39. The highest BCUT2D eigenvalue weighted by atomic mass is 19.1. The minimum Gasteiger partial charge on any atom is -0.353 e. The molecule has 0 aliphatic carbocycles. The van der Waals surface area contributed by atoms with E-state index < -0.39 is 23.3 Å². The van der Waals surface area contributed by atoms with Gasteiger partial charge in [-0.2, -0.15) is 0 Å². The predicted molar refractivity (Wildman–Crippen MR) is 106 cm³/mol. The highest BCUT2D eigenvalue weighted by Gasteiger charge is 2.49. The molecule has 2 fully saturated rings. The molecule has 2 aliphatic heterocycles. The lowest BCUT2D eigenvalue weighted by Gasteiger charge is -2.35. The fourth-order valence-corrected chi connectivity index (χ4v) is 4.04. The van der Waals surface area contributed by atoms with Crippen LogP contribution in [0.1, 0.15) is 39.2 Å². The number of benzene rings is 1. The molecule has 1 aromatic rings. The normalized spacial score (nSPS) is 26.3. The number of carbonyl (C=O) groups excluding carboxylic acids is 3. The van der Waals surface area contributed by atoms with Gasteiger partial charge in [0, 0.05) is 19.1 Å². The maximum Gasteiger partial charge on any atom is 0.325 e. The fraction of sp³-hybridized carbons (Fsp3) is 0.571. The van der Waals surface area contributed by atoms with Gasteiger partial charge < -0.3 is 10.6 Å². The lowest BCUT2D eigenvalue weighted by Crippen LogP contribution is -2.48. The van der Waals surface area contributed by atoms with Crippen LogP contribution in [0.3, 0.4) is 0 Å². The Kier molecular flexibility index (Phi) is 6.21. The van der Waals surface area contributed by atoms with E-state index in [1.54, 1.807) is 6.92 Å². The summed E-state index contributed by atoms with van der Waals surface area (Å²) in [4.78, 5) is 40.8. The number of rotatable bonds is 6. The van der Waals surface area contributed by atoms with Crippen molar-refractivity contribution in [1.29, 1.82) is 0 Å². The third-order valence-corrected chi connectivity index (χ3v) is 5.90. The van der Waals surface area contributed by atoms with Gasteiger partial charge in [-0.05, 0) is 56.8 Å². The molecule has 2 heterocycles. The predicted octanol–water partition coefficient (Wildman–Crippen LogP) is 1.83. The smallest absolute Gasteiger partial charge is 0.325 e. The van der Waals surface area contributed by atoms with E-state index in [2.05, 4.69) is 29.4 Å². The first-order valence-electron chi connectivity index (χ1n) is 10.1. The van der Waals surface area contributed by atoms with E-state index in [4.69, 9.17) is 0 Å². The summed E-state index contributed by atoms with van der Waals surface area (Å²) < 4.78 is 13.2. The molecule has 0 aromatic heterocycles. The summed E-state index contributed by atoms with van der Waals surface area (Å²) in [6, 6.07) is 4.94. The van der Waals surface area contributed by atoms with Gasteiger partial charge in [0.1, 0.15) is 17.9 Å². The maximum absolute atomic E-state index is 13.2. The average molecular weight is 404 g/mol. The van der Waals surface area contributed by atoms with E-state index in [1.807, 2.05) is 0 Å². The van der Waals surface area contributed by atoms with Crippen LogP contribution in [0.5, 0.6) is 0 Å². The monoisotopic (exact) mass is 404 g/mol. The summed E-state index contributed by atoms with van der Waals surface area (Å²) in [5.74, 6) is -0.685. The fourth-order valence-electron chi connectivity index (χ4n) is 4.04. The number of hydrogen-bond acceptors (Lipinski definition) is 4. The number of likely N-dealkylation sites (tertiary alicyclic amines) is 1. The molecule has 2 N–H and O–H groups in total. The van der Waals surface area contributed by atoms with Gasteiger partial charge in [0.05, 0.1) is 0 Å². The van der Waals surface area contributed by atoms with Crippen LogP contribution in [0.4, 0.5) is 9.18 Å². The third kappa shape index (κ3) is 4.58. The molecular formula is C21H29FN4O3. The molecule has 2 aliphatic rings. The standard InChI is InChI=1S/C21H29FN4O3/c1-14-5-4-10-25(12-14)15(2)11-23-18(27)13-26-19(28)21(3,24-20(26)29)16-6-8-17(22)9-7-16/h6-9,14-15H,4-5,10-13H2,1-3H3,(H,23,27)(H,24,29). The third-order valence-electron chi connectivity index (χ3n) is 5.90. The van der Waals surface area contributed by atoms with Gasteiger partial charge >= 0.3 is 6.03 Å². The Hall–Kier alpha value is -2.48. The van der Waals surface area contributed by atoms with E-state index in [1.165, 1.54) is 30.7 Å². The quantitative estimate of drug-likeness (QED) is 0.709. The first-order valence-corrected chi connectivity index (χ1v) is 10.1. The zero-order valence-corrected chi connectivity index (χ0v) is 17.2. The largest absolute Gasteiger partial charge is 0.353 e. The molecule has 2 saturated heterocycles. The zero-order chi connectivity index (χ0) is 21.2. The van der Waals surface area contributed by atoms with Crippen LogP contribution >= 0.6 is 0 Å². The van der Waals surface area contributed by atoms with Crippen molar-refractivity contribution in [3.8, 4) is 0 Å². The molecule has 0 radical (unpaired) electrons. The van der Waals surface area contributed by atoms with E-state index in [0.29, 0.717) is 18.0 Å². The molecule has 7 nitrogen and oxygen atoms in total. The summed E-state index contributed by atoms with van der Waals surface area (Å²) >= 11 is 0. The summed E-state index contributed by atoms with van der Waals surface area (Å²) in [7, 11) is 0. The molecule has 3 rings (SSSR count). The number of halogens is 1. The van der Waals surface area contributed by atoms with Gasteiger partial charge in [-0.25, -0.2) is 9.18 Å². The molecule has 3 atom stereocenters. The lowest BCUT2D eigenvalue weighted by molar-refractivity contribution is -0.134. The lowest BCUT2D eigenvalue weighted by atomic mass is 9.92. The van der Waals surface area contributed by atoms with Gasteiger partial charge in [0.2, 0.25) is 5.91 Å². The highest BCUT2D eigenvalue weighted by Crippen LogP contribution is 2.28. The van der Waals surface area contributed by atoms with Crippen molar-refractivity contribution in [1.82, 2.24) is 20.4 Å². The van der Waals surface area contributed by atoms with Crippen molar-refractivity contribution in [2.45, 2.75) is 45.2 Å². The van der Waals surface area contributed by atoms with Crippen molar-refractivity contribution >= 4 is 17.8 Å². The molecule has 1 aromatic carbocycles. The molecule has 4 amide bonds. The summed E-state index contributed by atoms with van der Waals surface area (Å²) in [5.41, 5.74) is -0.851. The van der Waals surface area contributed by atoms with Gasteiger partial charge in [0.25, 0.3) is 5.91 Å². The number of nitrogens with one attached hydrogen (secondary N) is 2. The number of nitrogens with zero attached hydrogens (tertiary/aromatic N) is 2. The van der Waals surface area contributed by atoms with E-state index in [-0.39, 0.29) is 18.5 Å². The maximum atomic E-state index is 13.2. The average Bonchev–Trinajstić information content (AvgIpc) is 2.90. The minimum absolute atomic E-state index is 0.189. The van der Waals surface area contributed by atoms with Crippen molar-refractivity contribution in [2.75, 3.05) is 26.2 Å². The number of carbonyl (C=O) groups is 3. The number of piperidine rings is 1. The first-order chi connectivity index (χ1) is 13.7. The topological polar surface area (TPSA) is 81.8 Å². The van der Waals surface area contributed by atoms with Crippen LogP contribution in [0.25, 0.3) is 0 Å². The Morgan fingerprint density at radius 1 is 1.34 bits per heavy atom.